The number of amides is 2. The molecule has 1 fully saturated rings. The van der Waals surface area contributed by atoms with Crippen LogP contribution in [0.5, 0.6) is 0 Å². The van der Waals surface area contributed by atoms with Gasteiger partial charge in [-0.3, -0.25) is 9.59 Å². The third-order valence-electron chi connectivity index (χ3n) is 4.81. The van der Waals surface area contributed by atoms with Crippen LogP contribution in [-0.4, -0.2) is 18.4 Å². The molecule has 4 heteroatoms. The Bertz CT molecular complexity index is 813. The molecule has 2 aromatic carbocycles. The molecule has 1 aliphatic heterocycles. The van der Waals surface area contributed by atoms with Crippen LogP contribution in [0.4, 0.5) is 11.4 Å². The van der Waals surface area contributed by atoms with E-state index >= 15 is 0 Å². The van der Waals surface area contributed by atoms with Gasteiger partial charge in [0.15, 0.2) is 0 Å². The van der Waals surface area contributed by atoms with Crippen molar-refractivity contribution in [1.82, 2.24) is 0 Å². The zero-order valence-electron chi connectivity index (χ0n) is 15.0. The maximum atomic E-state index is 12.7. The molecule has 1 atom stereocenters. The number of carbonyl (C=O) groups excluding carboxylic acids is 2. The number of benzene rings is 2. The fourth-order valence-corrected chi connectivity index (χ4v) is 3.29. The van der Waals surface area contributed by atoms with E-state index in [4.69, 9.17) is 0 Å². The van der Waals surface area contributed by atoms with Gasteiger partial charge in [0.25, 0.3) is 0 Å². The van der Waals surface area contributed by atoms with E-state index in [1.807, 2.05) is 56.3 Å². The van der Waals surface area contributed by atoms with Crippen molar-refractivity contribution in [3.8, 4) is 0 Å². The van der Waals surface area contributed by atoms with E-state index in [0.29, 0.717) is 6.54 Å². The Labute approximate surface area is 148 Å². The minimum Gasteiger partial charge on any atom is -0.326 e. The Morgan fingerprint density at radius 3 is 2.72 bits per heavy atom. The predicted molar refractivity (Wildman–Crippen MR) is 101 cm³/mol. The number of hydrogen-bond donors (Lipinski definition) is 1. The maximum absolute atomic E-state index is 12.7. The number of nitrogens with zero attached hydrogens (tertiary/aromatic N) is 1. The van der Waals surface area contributed by atoms with Crippen molar-refractivity contribution in [2.24, 2.45) is 5.92 Å². The molecule has 0 saturated carbocycles. The zero-order chi connectivity index (χ0) is 18.0. The van der Waals surface area contributed by atoms with Crippen molar-refractivity contribution >= 4 is 23.2 Å². The minimum atomic E-state index is -0.322. The molecule has 4 nitrogen and oxygen atoms in total. The van der Waals surface area contributed by atoms with E-state index in [-0.39, 0.29) is 24.2 Å². The molecular formula is C21H24N2O2. The molecule has 2 aromatic rings. The zero-order valence-corrected chi connectivity index (χ0v) is 15.0. The van der Waals surface area contributed by atoms with Crippen LogP contribution in [0.3, 0.4) is 0 Å². The summed E-state index contributed by atoms with van der Waals surface area (Å²) in [6.07, 6.45) is 1.12. The van der Waals surface area contributed by atoms with E-state index < -0.39 is 0 Å². The van der Waals surface area contributed by atoms with Crippen molar-refractivity contribution in [2.75, 3.05) is 16.8 Å². The molecule has 130 valence electrons. The van der Waals surface area contributed by atoms with E-state index in [0.717, 1.165) is 34.5 Å². The molecule has 25 heavy (non-hydrogen) atoms. The monoisotopic (exact) mass is 336 g/mol. The van der Waals surface area contributed by atoms with Gasteiger partial charge < -0.3 is 10.2 Å². The number of para-hydroxylation sites is 1. The molecule has 0 bridgehead atoms. The van der Waals surface area contributed by atoms with Crippen molar-refractivity contribution in [3.63, 3.8) is 0 Å². The van der Waals surface area contributed by atoms with Crippen LogP contribution in [0.25, 0.3) is 0 Å². The summed E-state index contributed by atoms with van der Waals surface area (Å²) in [4.78, 5) is 26.9. The highest BCUT2D eigenvalue weighted by Crippen LogP contribution is 2.29. The normalized spacial score (nSPS) is 17.0. The molecule has 0 spiro atoms. The van der Waals surface area contributed by atoms with Gasteiger partial charge in [0.1, 0.15) is 0 Å². The van der Waals surface area contributed by atoms with Crippen LogP contribution in [0, 0.1) is 19.8 Å². The van der Waals surface area contributed by atoms with Crippen molar-refractivity contribution in [1.29, 1.82) is 0 Å². The second kappa shape index (κ2) is 7.09. The Hall–Kier alpha value is -2.62. The van der Waals surface area contributed by atoms with Gasteiger partial charge in [-0.25, -0.2) is 0 Å². The average Bonchev–Trinajstić information content (AvgIpc) is 3.00. The van der Waals surface area contributed by atoms with Gasteiger partial charge in [-0.15, -0.1) is 0 Å². The molecule has 1 heterocycles. The number of anilines is 2. The molecule has 2 amide bonds. The van der Waals surface area contributed by atoms with Gasteiger partial charge in [0.2, 0.25) is 11.8 Å². The Morgan fingerprint density at radius 2 is 1.96 bits per heavy atom. The third-order valence-corrected chi connectivity index (χ3v) is 4.81. The summed E-state index contributed by atoms with van der Waals surface area (Å²) in [5.74, 6) is -0.391. The molecule has 0 aliphatic carbocycles. The standard InChI is InChI=1S/C21H24N2O2/c1-4-16-7-5-6-8-19(16)23-13-17(12-20(23)24)21(25)22-18-11-14(2)9-10-15(18)3/h5-11,17H,4,12-13H2,1-3H3,(H,22,25)/t17-/m0/s1. The summed E-state index contributed by atoms with van der Waals surface area (Å²) >= 11 is 0. The fourth-order valence-electron chi connectivity index (χ4n) is 3.29. The van der Waals surface area contributed by atoms with Crippen LogP contribution < -0.4 is 10.2 Å². The Balaban J connectivity index is 1.76. The number of hydrogen-bond acceptors (Lipinski definition) is 2. The van der Waals surface area contributed by atoms with Crippen LogP contribution in [-0.2, 0) is 16.0 Å². The Morgan fingerprint density at radius 1 is 1.20 bits per heavy atom. The number of carbonyl (C=O) groups is 2. The molecule has 1 aliphatic rings. The maximum Gasteiger partial charge on any atom is 0.229 e. The van der Waals surface area contributed by atoms with Crippen LogP contribution >= 0.6 is 0 Å². The van der Waals surface area contributed by atoms with Gasteiger partial charge >= 0.3 is 0 Å². The molecule has 0 unspecified atom stereocenters. The van der Waals surface area contributed by atoms with Crippen molar-refractivity contribution < 1.29 is 9.59 Å². The fraction of sp³-hybridized carbons (Fsp3) is 0.333. The first-order valence-electron chi connectivity index (χ1n) is 8.76. The van der Waals surface area contributed by atoms with E-state index in [2.05, 4.69) is 12.2 Å². The lowest BCUT2D eigenvalue weighted by Gasteiger charge is -2.20. The van der Waals surface area contributed by atoms with Crippen molar-refractivity contribution in [2.45, 2.75) is 33.6 Å². The highest BCUT2D eigenvalue weighted by molar-refractivity contribution is 6.04. The van der Waals surface area contributed by atoms with Gasteiger partial charge in [-0.2, -0.15) is 0 Å². The van der Waals surface area contributed by atoms with Crippen LogP contribution in [0.2, 0.25) is 0 Å². The number of aryl methyl sites for hydroxylation is 3. The lowest BCUT2D eigenvalue weighted by atomic mass is 10.1. The lowest BCUT2D eigenvalue weighted by molar-refractivity contribution is -0.122. The lowest BCUT2D eigenvalue weighted by Crippen LogP contribution is -2.28. The summed E-state index contributed by atoms with van der Waals surface area (Å²) in [6, 6.07) is 13.9. The summed E-state index contributed by atoms with van der Waals surface area (Å²) in [5.41, 5.74) is 5.01. The molecule has 3 rings (SSSR count). The molecule has 0 radical (unpaired) electrons. The van der Waals surface area contributed by atoms with Gasteiger partial charge in [-0.1, -0.05) is 37.3 Å². The summed E-state index contributed by atoms with van der Waals surface area (Å²) < 4.78 is 0. The predicted octanol–water partition coefficient (Wildman–Crippen LogP) is 3.86. The number of nitrogens with one attached hydrogen (secondary N) is 1. The minimum absolute atomic E-state index is 0.0158. The second-order valence-electron chi connectivity index (χ2n) is 6.70. The van der Waals surface area contributed by atoms with Crippen molar-refractivity contribution in [3.05, 3.63) is 59.2 Å². The number of rotatable bonds is 4. The smallest absolute Gasteiger partial charge is 0.229 e. The highest BCUT2D eigenvalue weighted by Gasteiger charge is 2.35. The quantitative estimate of drug-likeness (QED) is 0.922. The first-order chi connectivity index (χ1) is 12.0. The molecule has 1 N–H and O–H groups in total. The summed E-state index contributed by atoms with van der Waals surface area (Å²) in [5, 5.41) is 3.00. The highest BCUT2D eigenvalue weighted by atomic mass is 16.2. The summed E-state index contributed by atoms with van der Waals surface area (Å²) in [6.45, 7) is 6.48. The largest absolute Gasteiger partial charge is 0.326 e. The van der Waals surface area contributed by atoms with Gasteiger partial charge in [0, 0.05) is 24.3 Å². The van der Waals surface area contributed by atoms with Crippen LogP contribution in [0.15, 0.2) is 42.5 Å². The van der Waals surface area contributed by atoms with E-state index in [1.54, 1.807) is 4.90 Å². The van der Waals surface area contributed by atoms with Gasteiger partial charge in [-0.05, 0) is 49.1 Å². The first-order valence-corrected chi connectivity index (χ1v) is 8.76. The molecule has 1 saturated heterocycles. The third kappa shape index (κ3) is 3.58. The average molecular weight is 336 g/mol. The van der Waals surface area contributed by atoms with Gasteiger partial charge in [0.05, 0.1) is 5.92 Å². The second-order valence-corrected chi connectivity index (χ2v) is 6.70. The molecule has 0 aromatic heterocycles. The van der Waals surface area contributed by atoms with E-state index in [1.165, 1.54) is 0 Å². The topological polar surface area (TPSA) is 49.4 Å². The van der Waals surface area contributed by atoms with Crippen LogP contribution in [0.1, 0.15) is 30.0 Å². The first kappa shape index (κ1) is 17.2. The molecular weight excluding hydrogens is 312 g/mol. The van der Waals surface area contributed by atoms with E-state index in [9.17, 15) is 9.59 Å². The summed E-state index contributed by atoms with van der Waals surface area (Å²) in [7, 11) is 0. The SMILES string of the molecule is CCc1ccccc1N1C[C@@H](C(=O)Nc2cc(C)ccc2C)CC1=O. The Kier molecular flexibility index (Phi) is 4.88.